The van der Waals surface area contributed by atoms with Gasteiger partial charge in [-0.3, -0.25) is 19.6 Å². The Hall–Kier alpha value is -2.45. The maximum Gasteiger partial charge on any atom is 0.363 e. The van der Waals surface area contributed by atoms with Gasteiger partial charge in [0.05, 0.1) is 4.92 Å². The molecule has 3 N–H and O–H groups in total. The lowest BCUT2D eigenvalue weighted by molar-refractivity contribution is -0.385. The van der Waals surface area contributed by atoms with Crippen LogP contribution in [0.15, 0.2) is 6.20 Å². The van der Waals surface area contributed by atoms with E-state index in [9.17, 15) is 19.7 Å². The molecule has 1 rings (SSSR count). The predicted molar refractivity (Wildman–Crippen MR) is 49.7 cm³/mol. The lowest BCUT2D eigenvalue weighted by Gasteiger charge is -2.05. The lowest BCUT2D eigenvalue weighted by atomic mass is 10.3. The zero-order chi connectivity index (χ0) is 12.5. The Labute approximate surface area is 88.6 Å². The maximum atomic E-state index is 10.8. The fourth-order valence-electron chi connectivity index (χ4n) is 0.997. The number of carbonyl (C=O) groups is 2. The number of aromatic nitrogens is 2. The molecule has 1 atom stereocenters. The SMILES string of the molecule is CC(C(N)=O)n1cc([N+](=O)[O-])c(C(=O)O)n1. The van der Waals surface area contributed by atoms with Crippen molar-refractivity contribution < 1.29 is 19.6 Å². The molecule has 9 nitrogen and oxygen atoms in total. The molecule has 0 fully saturated rings. The molecule has 0 saturated carbocycles. The normalized spacial score (nSPS) is 12.1. The van der Waals surface area contributed by atoms with E-state index in [1.165, 1.54) is 6.92 Å². The minimum absolute atomic E-state index is 0.680. The zero-order valence-corrected chi connectivity index (χ0v) is 8.15. The van der Waals surface area contributed by atoms with Crippen molar-refractivity contribution in [1.29, 1.82) is 0 Å². The predicted octanol–water partition coefficient (Wildman–Crippen LogP) is -0.464. The summed E-state index contributed by atoms with van der Waals surface area (Å²) in [6, 6.07) is -0.952. The minimum Gasteiger partial charge on any atom is -0.476 e. The number of hydrogen-bond donors (Lipinski definition) is 2. The number of nitrogens with two attached hydrogens (primary N) is 1. The molecule has 1 aromatic heterocycles. The Bertz CT molecular complexity index is 434. The van der Waals surface area contributed by atoms with Gasteiger partial charge in [-0.25, -0.2) is 4.79 Å². The number of carbonyl (C=O) groups excluding carboxylic acids is 1. The van der Waals surface area contributed by atoms with Gasteiger partial charge in [0.2, 0.25) is 11.6 Å². The summed E-state index contributed by atoms with van der Waals surface area (Å²) in [6.45, 7) is 1.35. The molecule has 86 valence electrons. The van der Waals surface area contributed by atoms with Gasteiger partial charge >= 0.3 is 11.7 Å². The van der Waals surface area contributed by atoms with Crippen LogP contribution in [0.2, 0.25) is 0 Å². The van der Waals surface area contributed by atoms with Crippen molar-refractivity contribution in [1.82, 2.24) is 9.78 Å². The molecule has 9 heteroatoms. The molecule has 0 spiro atoms. The summed E-state index contributed by atoms with van der Waals surface area (Å²) in [4.78, 5) is 31.1. The third-order valence-corrected chi connectivity index (χ3v) is 1.92. The summed E-state index contributed by atoms with van der Waals surface area (Å²) in [5.74, 6) is -2.31. The van der Waals surface area contributed by atoms with E-state index in [1.807, 2.05) is 0 Å². The van der Waals surface area contributed by atoms with Gasteiger partial charge in [0, 0.05) is 0 Å². The van der Waals surface area contributed by atoms with Crippen molar-refractivity contribution in [3.63, 3.8) is 0 Å². The van der Waals surface area contributed by atoms with Gasteiger partial charge in [-0.15, -0.1) is 0 Å². The first-order valence-electron chi connectivity index (χ1n) is 4.10. The van der Waals surface area contributed by atoms with Crippen LogP contribution in [0, 0.1) is 10.1 Å². The third-order valence-electron chi connectivity index (χ3n) is 1.92. The Balaban J connectivity index is 3.26. The van der Waals surface area contributed by atoms with Crippen molar-refractivity contribution in [2.45, 2.75) is 13.0 Å². The number of carboxylic acid groups (broad SMARTS) is 1. The molecular weight excluding hydrogens is 220 g/mol. The van der Waals surface area contributed by atoms with Crippen LogP contribution in [0.1, 0.15) is 23.5 Å². The van der Waals surface area contributed by atoms with Crippen LogP contribution in [0.25, 0.3) is 0 Å². The summed E-state index contributed by atoms with van der Waals surface area (Å²) in [5, 5.41) is 22.6. The summed E-state index contributed by atoms with van der Waals surface area (Å²) in [6.07, 6.45) is 0.860. The smallest absolute Gasteiger partial charge is 0.363 e. The lowest BCUT2D eigenvalue weighted by Crippen LogP contribution is -2.24. The molecule has 0 aromatic carbocycles. The van der Waals surface area contributed by atoms with Crippen LogP contribution < -0.4 is 5.73 Å². The highest BCUT2D eigenvalue weighted by atomic mass is 16.6. The van der Waals surface area contributed by atoms with E-state index in [0.717, 1.165) is 10.9 Å². The van der Waals surface area contributed by atoms with Crippen molar-refractivity contribution in [2.24, 2.45) is 5.73 Å². The summed E-state index contributed by atoms with van der Waals surface area (Å²) >= 11 is 0. The topological polar surface area (TPSA) is 141 Å². The number of nitro groups is 1. The molecule has 16 heavy (non-hydrogen) atoms. The summed E-state index contributed by atoms with van der Waals surface area (Å²) < 4.78 is 0.851. The quantitative estimate of drug-likeness (QED) is 0.527. The number of rotatable bonds is 4. The van der Waals surface area contributed by atoms with E-state index in [2.05, 4.69) is 5.10 Å². The second-order valence-corrected chi connectivity index (χ2v) is 2.98. The highest BCUT2D eigenvalue weighted by Crippen LogP contribution is 2.19. The van der Waals surface area contributed by atoms with Gasteiger partial charge in [0.1, 0.15) is 12.2 Å². The monoisotopic (exact) mass is 228 g/mol. The molecule has 0 radical (unpaired) electrons. The fourth-order valence-corrected chi connectivity index (χ4v) is 0.997. The van der Waals surface area contributed by atoms with E-state index in [1.54, 1.807) is 0 Å². The number of aromatic carboxylic acids is 1. The highest BCUT2D eigenvalue weighted by molar-refractivity contribution is 5.90. The first kappa shape index (κ1) is 11.6. The zero-order valence-electron chi connectivity index (χ0n) is 8.15. The van der Waals surface area contributed by atoms with Crippen molar-refractivity contribution in [3.8, 4) is 0 Å². The Kier molecular flexibility index (Phi) is 2.88. The Morgan fingerprint density at radius 3 is 2.56 bits per heavy atom. The second-order valence-electron chi connectivity index (χ2n) is 2.98. The van der Waals surface area contributed by atoms with Crippen molar-refractivity contribution >= 4 is 17.6 Å². The fraction of sp³-hybridized carbons (Fsp3) is 0.286. The molecule has 0 bridgehead atoms. The first-order chi connectivity index (χ1) is 7.34. The Morgan fingerprint density at radius 1 is 1.69 bits per heavy atom. The van der Waals surface area contributed by atoms with Crippen LogP contribution >= 0.6 is 0 Å². The van der Waals surface area contributed by atoms with E-state index in [4.69, 9.17) is 10.8 Å². The minimum atomic E-state index is -1.54. The van der Waals surface area contributed by atoms with Gasteiger partial charge in [0.15, 0.2) is 0 Å². The van der Waals surface area contributed by atoms with Gasteiger partial charge in [-0.05, 0) is 6.92 Å². The average molecular weight is 228 g/mol. The molecule has 0 aliphatic rings. The molecule has 1 amide bonds. The van der Waals surface area contributed by atoms with Crippen LogP contribution in [-0.4, -0.2) is 31.7 Å². The van der Waals surface area contributed by atoms with Gasteiger partial charge in [-0.1, -0.05) is 0 Å². The second kappa shape index (κ2) is 3.96. The van der Waals surface area contributed by atoms with Crippen LogP contribution in [-0.2, 0) is 4.79 Å². The summed E-state index contributed by atoms with van der Waals surface area (Å²) in [5.41, 5.74) is 3.56. The van der Waals surface area contributed by atoms with Gasteiger partial charge < -0.3 is 10.8 Å². The maximum absolute atomic E-state index is 10.8. The molecule has 0 saturated heterocycles. The number of carboxylic acids is 1. The third kappa shape index (κ3) is 1.97. The standard InChI is InChI=1S/C7H8N4O5/c1-3(6(8)12)10-2-4(11(15)16)5(9-10)7(13)14/h2-3H,1H3,(H2,8,12)(H,13,14). The molecule has 1 heterocycles. The van der Waals surface area contributed by atoms with Crippen molar-refractivity contribution in [2.75, 3.05) is 0 Å². The highest BCUT2D eigenvalue weighted by Gasteiger charge is 2.27. The number of amides is 1. The van der Waals surface area contributed by atoms with E-state index >= 15 is 0 Å². The number of nitrogens with zero attached hydrogens (tertiary/aromatic N) is 3. The van der Waals surface area contributed by atoms with Crippen LogP contribution in [0.3, 0.4) is 0 Å². The van der Waals surface area contributed by atoms with Crippen molar-refractivity contribution in [3.05, 3.63) is 22.0 Å². The van der Waals surface area contributed by atoms with Gasteiger partial charge in [0.25, 0.3) is 0 Å². The van der Waals surface area contributed by atoms with E-state index in [-0.39, 0.29) is 0 Å². The molecule has 1 aromatic rings. The van der Waals surface area contributed by atoms with Crippen LogP contribution in [0.5, 0.6) is 0 Å². The van der Waals surface area contributed by atoms with E-state index < -0.39 is 34.2 Å². The number of hydrogen-bond acceptors (Lipinski definition) is 5. The summed E-state index contributed by atoms with van der Waals surface area (Å²) in [7, 11) is 0. The molecular formula is C7H8N4O5. The number of primary amides is 1. The molecule has 1 unspecified atom stereocenters. The largest absolute Gasteiger partial charge is 0.476 e. The van der Waals surface area contributed by atoms with Gasteiger partial charge in [-0.2, -0.15) is 5.10 Å². The van der Waals surface area contributed by atoms with Crippen LogP contribution in [0.4, 0.5) is 5.69 Å². The molecule has 0 aliphatic heterocycles. The first-order valence-corrected chi connectivity index (χ1v) is 4.10. The van der Waals surface area contributed by atoms with E-state index in [0.29, 0.717) is 0 Å². The Morgan fingerprint density at radius 2 is 2.25 bits per heavy atom. The molecule has 0 aliphatic carbocycles. The average Bonchev–Trinajstić information content (AvgIpc) is 2.60.